The van der Waals surface area contributed by atoms with Gasteiger partial charge in [-0.25, -0.2) is 4.68 Å². The summed E-state index contributed by atoms with van der Waals surface area (Å²) < 4.78 is 7.85. The molecule has 0 saturated heterocycles. The number of aromatic nitrogens is 3. The zero-order valence-corrected chi connectivity index (χ0v) is 17.8. The second-order valence-electron chi connectivity index (χ2n) is 5.05. The number of nitrogens with zero attached hydrogens (tertiary/aromatic N) is 3. The van der Waals surface area contributed by atoms with Crippen LogP contribution in [0.15, 0.2) is 17.1 Å². The number of carbonyl (C=O) groups excluding carboxylic acids is 1. The van der Waals surface area contributed by atoms with E-state index in [0.29, 0.717) is 5.52 Å². The van der Waals surface area contributed by atoms with E-state index in [1.807, 2.05) is 54.7 Å². The molecule has 7 heteroatoms. The van der Waals surface area contributed by atoms with Crippen LogP contribution in [0.1, 0.15) is 65.8 Å². The minimum atomic E-state index is -0.454. The molecule has 7 nitrogen and oxygen atoms in total. The van der Waals surface area contributed by atoms with Crippen molar-refractivity contribution in [3.05, 3.63) is 34.0 Å². The number of aryl methyl sites for hydroxylation is 1. The summed E-state index contributed by atoms with van der Waals surface area (Å²) in [6, 6.07) is 1.80. The molecule has 0 unspecified atom stereocenters. The lowest BCUT2D eigenvalue weighted by Gasteiger charge is -2.12. The molecule has 0 saturated carbocycles. The van der Waals surface area contributed by atoms with E-state index in [2.05, 4.69) is 10.8 Å². The Bertz CT molecular complexity index is 703. The number of hydrogen-bond acceptors (Lipinski definition) is 5. The lowest BCUT2D eigenvalue weighted by Crippen LogP contribution is -2.30. The van der Waals surface area contributed by atoms with Crippen LogP contribution in [0.3, 0.4) is 0 Å². The summed E-state index contributed by atoms with van der Waals surface area (Å²) in [6.45, 7) is 15.8. The fourth-order valence-electron chi connectivity index (χ4n) is 2.13. The zero-order valence-electron chi connectivity index (χ0n) is 17.8. The van der Waals surface area contributed by atoms with Crippen molar-refractivity contribution in [3.63, 3.8) is 0 Å². The normalized spacial score (nSPS) is 9.35. The van der Waals surface area contributed by atoms with Crippen LogP contribution in [-0.2, 0) is 16.1 Å². The number of ether oxygens (including phenoxy) is 1. The van der Waals surface area contributed by atoms with Gasteiger partial charge in [-0.2, -0.15) is 5.10 Å². The third-order valence-corrected chi connectivity index (χ3v) is 2.98. The van der Waals surface area contributed by atoms with Crippen LogP contribution in [0, 0.1) is 6.92 Å². The Morgan fingerprint density at radius 2 is 1.77 bits per heavy atom. The van der Waals surface area contributed by atoms with E-state index in [0.717, 1.165) is 11.4 Å². The molecule has 0 aromatic carbocycles. The van der Waals surface area contributed by atoms with Gasteiger partial charge in [-0.1, -0.05) is 41.5 Å². The predicted octanol–water partition coefficient (Wildman–Crippen LogP) is 3.12. The molecule has 0 atom stereocenters. The van der Waals surface area contributed by atoms with Crippen molar-refractivity contribution in [1.82, 2.24) is 14.2 Å². The van der Waals surface area contributed by atoms with Gasteiger partial charge < -0.3 is 10.5 Å². The number of fused-ring (bicyclic) bond motifs is 1. The Morgan fingerprint density at radius 3 is 2.23 bits per heavy atom. The molecular formula is C19H36N4O3. The van der Waals surface area contributed by atoms with E-state index in [4.69, 9.17) is 4.74 Å². The maximum Gasteiger partial charge on any atom is 0.327 e. The summed E-state index contributed by atoms with van der Waals surface area (Å²) >= 11 is 0. The molecule has 26 heavy (non-hydrogen) atoms. The molecule has 0 radical (unpaired) electrons. The van der Waals surface area contributed by atoms with Crippen molar-refractivity contribution in [2.75, 3.05) is 13.7 Å². The zero-order chi connectivity index (χ0) is 20.9. The summed E-state index contributed by atoms with van der Waals surface area (Å²) in [5.74, 6) is 0.430. The molecule has 0 aliphatic heterocycles. The fraction of sp³-hybridized carbons (Fsp3) is 0.632. The minimum absolute atomic E-state index is 0.137. The van der Waals surface area contributed by atoms with Gasteiger partial charge in [-0.15, -0.1) is 0 Å². The first-order valence-corrected chi connectivity index (χ1v) is 9.27. The number of carbonyl (C=O) groups is 1. The Hall–Kier alpha value is -2.15. The Labute approximate surface area is 157 Å². The van der Waals surface area contributed by atoms with E-state index < -0.39 is 5.97 Å². The lowest BCUT2D eigenvalue weighted by molar-refractivity contribution is -0.144. The Balaban J connectivity index is 0. The standard InChI is InChI=1S/C14H19N3O3.2C2H6.CH5N/c1-5-20-12(18)8-17-14(19)11-6-10(4)7-16(11)13(15-17)9(2)3;3*1-2/h6-7,9H,5,8H2,1-4H3;2*1-2H3;2H2,1H3. The summed E-state index contributed by atoms with van der Waals surface area (Å²) in [7, 11) is 1.50. The van der Waals surface area contributed by atoms with Gasteiger partial charge in [0.25, 0.3) is 5.56 Å². The number of nitrogens with two attached hydrogens (primary N) is 1. The van der Waals surface area contributed by atoms with Gasteiger partial charge in [0.15, 0.2) is 0 Å². The van der Waals surface area contributed by atoms with Gasteiger partial charge in [-0.3, -0.25) is 14.0 Å². The van der Waals surface area contributed by atoms with E-state index >= 15 is 0 Å². The number of esters is 1. The van der Waals surface area contributed by atoms with Crippen molar-refractivity contribution in [1.29, 1.82) is 0 Å². The van der Waals surface area contributed by atoms with E-state index in [1.54, 1.807) is 17.4 Å². The SMILES string of the molecule is CC.CC.CCOC(=O)Cn1nc(C(C)C)n2cc(C)cc2c1=O.CN. The lowest BCUT2D eigenvalue weighted by atomic mass is 10.2. The Kier molecular flexibility index (Phi) is 14.1. The maximum absolute atomic E-state index is 12.3. The van der Waals surface area contributed by atoms with Crippen LogP contribution in [0.2, 0.25) is 0 Å². The minimum Gasteiger partial charge on any atom is -0.465 e. The van der Waals surface area contributed by atoms with Crippen LogP contribution in [0.4, 0.5) is 0 Å². The van der Waals surface area contributed by atoms with Gasteiger partial charge in [0.1, 0.15) is 17.9 Å². The van der Waals surface area contributed by atoms with Crippen LogP contribution in [0.5, 0.6) is 0 Å². The molecule has 0 aliphatic carbocycles. The molecular weight excluding hydrogens is 332 g/mol. The highest BCUT2D eigenvalue weighted by Gasteiger charge is 2.15. The maximum atomic E-state index is 12.3. The van der Waals surface area contributed by atoms with Gasteiger partial charge in [0, 0.05) is 12.1 Å². The van der Waals surface area contributed by atoms with Crippen molar-refractivity contribution < 1.29 is 9.53 Å². The Morgan fingerprint density at radius 1 is 1.23 bits per heavy atom. The van der Waals surface area contributed by atoms with Gasteiger partial charge in [0.2, 0.25) is 0 Å². The monoisotopic (exact) mass is 368 g/mol. The highest BCUT2D eigenvalue weighted by molar-refractivity contribution is 5.69. The quantitative estimate of drug-likeness (QED) is 0.837. The highest BCUT2D eigenvalue weighted by Crippen LogP contribution is 2.14. The topological polar surface area (TPSA) is 91.6 Å². The average molecular weight is 369 g/mol. The fourth-order valence-corrected chi connectivity index (χ4v) is 2.13. The van der Waals surface area contributed by atoms with E-state index in [9.17, 15) is 9.59 Å². The highest BCUT2D eigenvalue weighted by atomic mass is 16.5. The first-order valence-electron chi connectivity index (χ1n) is 9.27. The van der Waals surface area contributed by atoms with Crippen LogP contribution in [-0.4, -0.2) is 33.8 Å². The van der Waals surface area contributed by atoms with Gasteiger partial charge in [-0.05, 0) is 32.5 Å². The smallest absolute Gasteiger partial charge is 0.327 e. The first-order chi connectivity index (χ1) is 12.4. The third kappa shape index (κ3) is 7.00. The summed E-state index contributed by atoms with van der Waals surface area (Å²) in [5.41, 5.74) is 5.74. The second kappa shape index (κ2) is 14.1. The number of rotatable bonds is 4. The predicted molar refractivity (Wildman–Crippen MR) is 108 cm³/mol. The molecule has 0 aliphatic rings. The van der Waals surface area contributed by atoms with E-state index in [-0.39, 0.29) is 24.6 Å². The van der Waals surface area contributed by atoms with E-state index in [1.165, 1.54) is 11.7 Å². The van der Waals surface area contributed by atoms with Crippen molar-refractivity contribution in [2.24, 2.45) is 5.73 Å². The molecule has 2 aromatic rings. The molecule has 2 N–H and O–H groups in total. The molecule has 2 heterocycles. The molecule has 2 aromatic heterocycles. The third-order valence-electron chi connectivity index (χ3n) is 2.98. The molecule has 0 fully saturated rings. The second-order valence-corrected chi connectivity index (χ2v) is 5.05. The molecule has 0 bridgehead atoms. The van der Waals surface area contributed by atoms with Crippen LogP contribution >= 0.6 is 0 Å². The molecule has 0 spiro atoms. The molecule has 150 valence electrons. The van der Waals surface area contributed by atoms with Gasteiger partial charge >= 0.3 is 5.97 Å². The molecule has 0 amide bonds. The summed E-state index contributed by atoms with van der Waals surface area (Å²) in [5, 5.41) is 4.30. The van der Waals surface area contributed by atoms with Gasteiger partial charge in [0.05, 0.1) is 6.61 Å². The van der Waals surface area contributed by atoms with Crippen molar-refractivity contribution in [2.45, 2.75) is 67.9 Å². The molecule has 2 rings (SSSR count). The first kappa shape index (κ1) is 26.1. The van der Waals surface area contributed by atoms with Crippen LogP contribution in [0.25, 0.3) is 5.52 Å². The van der Waals surface area contributed by atoms with Crippen molar-refractivity contribution >= 4 is 11.5 Å². The van der Waals surface area contributed by atoms with Crippen LogP contribution < -0.4 is 11.3 Å². The summed E-state index contributed by atoms with van der Waals surface area (Å²) in [6.07, 6.45) is 1.88. The average Bonchev–Trinajstić information content (AvgIpc) is 3.04. The number of hydrogen-bond donors (Lipinski definition) is 1. The summed E-state index contributed by atoms with van der Waals surface area (Å²) in [4.78, 5) is 23.9. The van der Waals surface area contributed by atoms with Crippen molar-refractivity contribution in [3.8, 4) is 0 Å². The largest absolute Gasteiger partial charge is 0.465 e.